The van der Waals surface area contributed by atoms with Crippen molar-refractivity contribution >= 4 is 31.5 Å². The molecular formula is C12H15BrF3NO2S. The van der Waals surface area contributed by atoms with Crippen molar-refractivity contribution in [1.29, 1.82) is 0 Å². The smallest absolute Gasteiger partial charge is 0.383 e. The predicted molar refractivity (Wildman–Crippen MR) is 75.8 cm³/mol. The van der Waals surface area contributed by atoms with Crippen LogP contribution in [0.1, 0.15) is 20.3 Å². The third kappa shape index (κ3) is 4.37. The van der Waals surface area contributed by atoms with Gasteiger partial charge in [0.15, 0.2) is 0 Å². The molecule has 1 aromatic rings. The lowest BCUT2D eigenvalue weighted by atomic mass is 10.2. The molecule has 0 fully saturated rings. The van der Waals surface area contributed by atoms with Gasteiger partial charge in [-0.25, -0.2) is 8.42 Å². The summed E-state index contributed by atoms with van der Waals surface area (Å²) in [7, 11) is -5.28. The lowest BCUT2D eigenvalue weighted by Crippen LogP contribution is -2.23. The molecule has 2 unspecified atom stereocenters. The fourth-order valence-corrected chi connectivity index (χ4v) is 3.02. The van der Waals surface area contributed by atoms with Crippen LogP contribution in [0.3, 0.4) is 0 Å². The lowest BCUT2D eigenvalue weighted by Gasteiger charge is -2.17. The molecule has 1 rings (SSSR count). The Kier molecular flexibility index (Phi) is 5.48. The molecule has 0 bridgehead atoms. The lowest BCUT2D eigenvalue weighted by molar-refractivity contribution is -0.0436. The zero-order chi connectivity index (χ0) is 15.6. The molecule has 20 heavy (non-hydrogen) atoms. The Morgan fingerprint density at radius 2 is 1.70 bits per heavy atom. The van der Waals surface area contributed by atoms with E-state index < -0.39 is 20.2 Å². The summed E-state index contributed by atoms with van der Waals surface area (Å²) in [5.41, 5.74) is -4.70. The number of rotatable bonds is 5. The van der Waals surface area contributed by atoms with Gasteiger partial charge in [0, 0.05) is 16.6 Å². The minimum absolute atomic E-state index is 0.106. The molecule has 0 aromatic heterocycles. The zero-order valence-corrected chi connectivity index (χ0v) is 13.3. The number of hydrogen-bond acceptors (Lipinski definition) is 3. The molecule has 8 heteroatoms. The maximum absolute atomic E-state index is 12.4. The van der Waals surface area contributed by atoms with Crippen LogP contribution in [-0.4, -0.2) is 24.8 Å². The summed E-state index contributed by atoms with van der Waals surface area (Å²) >= 11 is 3.40. The number of halogens is 4. The maximum Gasteiger partial charge on any atom is 0.501 e. The average Bonchev–Trinajstić information content (AvgIpc) is 2.26. The normalized spacial score (nSPS) is 15.7. The van der Waals surface area contributed by atoms with Crippen molar-refractivity contribution in [1.82, 2.24) is 0 Å². The Balaban J connectivity index is 2.85. The van der Waals surface area contributed by atoms with Crippen molar-refractivity contribution in [2.24, 2.45) is 0 Å². The summed E-state index contributed by atoms with van der Waals surface area (Å²) in [5, 5.41) is 3.08. The van der Waals surface area contributed by atoms with E-state index in [1.54, 1.807) is 0 Å². The van der Waals surface area contributed by atoms with Gasteiger partial charge in [-0.1, -0.05) is 22.9 Å². The molecule has 0 aliphatic rings. The van der Waals surface area contributed by atoms with Gasteiger partial charge < -0.3 is 5.32 Å². The van der Waals surface area contributed by atoms with Crippen LogP contribution in [0.2, 0.25) is 0 Å². The molecular weight excluding hydrogens is 359 g/mol. The van der Waals surface area contributed by atoms with Crippen LogP contribution in [0.4, 0.5) is 18.9 Å². The van der Waals surface area contributed by atoms with Crippen molar-refractivity contribution in [3.05, 3.63) is 24.3 Å². The minimum Gasteiger partial charge on any atom is -0.383 e. The molecule has 0 radical (unpaired) electrons. The Labute approximate surface area is 124 Å². The molecule has 114 valence electrons. The highest BCUT2D eigenvalue weighted by molar-refractivity contribution is 9.09. The number of hydrogen-bond donors (Lipinski definition) is 1. The van der Waals surface area contributed by atoms with Gasteiger partial charge in [0.1, 0.15) is 0 Å². The third-order valence-electron chi connectivity index (χ3n) is 2.56. The van der Waals surface area contributed by atoms with Crippen LogP contribution in [0.25, 0.3) is 0 Å². The minimum atomic E-state index is -5.28. The molecule has 0 spiro atoms. The summed E-state index contributed by atoms with van der Waals surface area (Å²) in [4.78, 5) is -0.452. The largest absolute Gasteiger partial charge is 0.501 e. The first-order valence-corrected chi connectivity index (χ1v) is 8.26. The maximum atomic E-state index is 12.4. The van der Waals surface area contributed by atoms with Gasteiger partial charge in [-0.3, -0.25) is 0 Å². The zero-order valence-electron chi connectivity index (χ0n) is 10.9. The van der Waals surface area contributed by atoms with E-state index in [0.29, 0.717) is 10.5 Å². The van der Waals surface area contributed by atoms with E-state index in [-0.39, 0.29) is 6.04 Å². The van der Waals surface area contributed by atoms with Gasteiger partial charge >= 0.3 is 5.51 Å². The van der Waals surface area contributed by atoms with Crippen molar-refractivity contribution < 1.29 is 21.6 Å². The fraction of sp³-hybridized carbons (Fsp3) is 0.500. The number of sulfone groups is 1. The predicted octanol–water partition coefficient (Wildman–Crippen LogP) is 3.95. The number of nitrogens with one attached hydrogen (secondary N) is 1. The first-order chi connectivity index (χ1) is 9.04. The molecule has 0 aliphatic carbocycles. The van der Waals surface area contributed by atoms with Crippen LogP contribution in [0.5, 0.6) is 0 Å². The third-order valence-corrected chi connectivity index (χ3v) is 4.44. The Hall–Kier alpha value is -0.760. The second kappa shape index (κ2) is 6.34. The van der Waals surface area contributed by atoms with Crippen molar-refractivity contribution in [3.8, 4) is 0 Å². The van der Waals surface area contributed by atoms with Crippen molar-refractivity contribution in [3.63, 3.8) is 0 Å². The van der Waals surface area contributed by atoms with Gasteiger partial charge in [-0.05, 0) is 37.6 Å². The summed E-state index contributed by atoms with van der Waals surface area (Å²) in [6, 6.07) is 4.67. The highest BCUT2D eigenvalue weighted by Gasteiger charge is 2.46. The fourth-order valence-electron chi connectivity index (χ4n) is 1.69. The van der Waals surface area contributed by atoms with E-state index >= 15 is 0 Å². The first-order valence-electron chi connectivity index (χ1n) is 5.86. The van der Waals surface area contributed by atoms with Gasteiger partial charge in [0.05, 0.1) is 4.90 Å². The second-order valence-corrected chi connectivity index (χ2v) is 8.04. The Morgan fingerprint density at radius 3 is 2.10 bits per heavy atom. The average molecular weight is 374 g/mol. The molecule has 0 heterocycles. The Bertz CT molecular complexity index is 541. The van der Waals surface area contributed by atoms with Crippen molar-refractivity contribution in [2.75, 3.05) is 5.32 Å². The molecule has 2 atom stereocenters. The number of anilines is 1. The molecule has 0 saturated carbocycles. The van der Waals surface area contributed by atoms with Crippen LogP contribution >= 0.6 is 15.9 Å². The molecule has 1 aromatic carbocycles. The molecule has 3 nitrogen and oxygen atoms in total. The van der Waals surface area contributed by atoms with Gasteiger partial charge in [0.25, 0.3) is 9.84 Å². The quantitative estimate of drug-likeness (QED) is 0.794. The number of alkyl halides is 4. The van der Waals surface area contributed by atoms with E-state index in [1.807, 2.05) is 13.8 Å². The summed E-state index contributed by atoms with van der Waals surface area (Å²) < 4.78 is 59.5. The van der Waals surface area contributed by atoms with E-state index in [1.165, 1.54) is 12.1 Å². The van der Waals surface area contributed by atoms with Gasteiger partial charge in [0.2, 0.25) is 0 Å². The van der Waals surface area contributed by atoms with E-state index in [0.717, 1.165) is 18.6 Å². The van der Waals surface area contributed by atoms with Crippen LogP contribution in [-0.2, 0) is 9.84 Å². The topological polar surface area (TPSA) is 46.2 Å². The molecule has 0 amide bonds. The van der Waals surface area contributed by atoms with Gasteiger partial charge in [-0.15, -0.1) is 0 Å². The summed E-state index contributed by atoms with van der Waals surface area (Å²) in [6.45, 7) is 3.91. The number of benzene rings is 1. The molecule has 0 saturated heterocycles. The highest BCUT2D eigenvalue weighted by Crippen LogP contribution is 2.30. The van der Waals surface area contributed by atoms with E-state index in [2.05, 4.69) is 21.2 Å². The summed E-state index contributed by atoms with van der Waals surface area (Å²) in [6.07, 6.45) is 0.822. The first kappa shape index (κ1) is 17.3. The van der Waals surface area contributed by atoms with Crippen molar-refractivity contribution in [2.45, 2.75) is 41.5 Å². The monoisotopic (exact) mass is 373 g/mol. The van der Waals surface area contributed by atoms with Crippen LogP contribution < -0.4 is 5.32 Å². The Morgan fingerprint density at radius 1 is 1.20 bits per heavy atom. The summed E-state index contributed by atoms with van der Waals surface area (Å²) in [5.74, 6) is 0. The van der Waals surface area contributed by atoms with E-state index in [9.17, 15) is 21.6 Å². The molecule has 0 aliphatic heterocycles. The highest BCUT2D eigenvalue weighted by atomic mass is 79.9. The molecule has 1 N–H and O–H groups in total. The van der Waals surface area contributed by atoms with Crippen LogP contribution in [0, 0.1) is 0 Å². The SMILES string of the molecule is CC(Br)CC(C)Nc1ccc(S(=O)(=O)C(F)(F)F)cc1. The second-order valence-electron chi connectivity index (χ2n) is 4.54. The standard InChI is InChI=1S/C12H15BrF3NO2S/c1-8(13)7-9(2)17-10-3-5-11(6-4-10)20(18,19)12(14,15)16/h3-6,8-9,17H,7H2,1-2H3. The van der Waals surface area contributed by atoms with Gasteiger partial charge in [-0.2, -0.15) is 13.2 Å². The van der Waals surface area contributed by atoms with E-state index in [4.69, 9.17) is 0 Å². The van der Waals surface area contributed by atoms with Crippen LogP contribution in [0.15, 0.2) is 29.2 Å².